The summed E-state index contributed by atoms with van der Waals surface area (Å²) in [6, 6.07) is 15.2. The Balaban J connectivity index is 1.96. The Labute approximate surface area is 106 Å². The van der Waals surface area contributed by atoms with Crippen molar-refractivity contribution >= 4 is 35.6 Å². The van der Waals surface area contributed by atoms with Crippen LogP contribution in [0.3, 0.4) is 0 Å². The second-order valence-electron chi connectivity index (χ2n) is 3.66. The van der Waals surface area contributed by atoms with E-state index in [1.54, 1.807) is 0 Å². The first-order valence-electron chi connectivity index (χ1n) is 5.28. The van der Waals surface area contributed by atoms with Crippen LogP contribution in [-0.2, 0) is 0 Å². The van der Waals surface area contributed by atoms with E-state index in [1.807, 2.05) is 6.08 Å². The summed E-state index contributed by atoms with van der Waals surface area (Å²) >= 11 is -0.312. The SMILES string of the molecule is [C]1C=CCN1[Te]c1cccc2ccccc12. The molecule has 0 bridgehead atoms. The molecule has 16 heavy (non-hydrogen) atoms. The van der Waals surface area contributed by atoms with Crippen LogP contribution in [0.1, 0.15) is 0 Å². The number of nitrogens with zero attached hydrogens (tertiary/aromatic N) is 1. The summed E-state index contributed by atoms with van der Waals surface area (Å²) in [6.07, 6.45) is 4.19. The van der Waals surface area contributed by atoms with Gasteiger partial charge in [-0.3, -0.25) is 0 Å². The van der Waals surface area contributed by atoms with Crippen molar-refractivity contribution in [3.63, 3.8) is 0 Å². The average molecular weight is 321 g/mol. The number of benzene rings is 2. The van der Waals surface area contributed by atoms with Gasteiger partial charge in [-0.15, -0.1) is 0 Å². The molecule has 0 saturated heterocycles. The Bertz CT molecular complexity index is 520. The van der Waals surface area contributed by atoms with E-state index in [0.717, 1.165) is 6.54 Å². The third-order valence-electron chi connectivity index (χ3n) is 2.57. The van der Waals surface area contributed by atoms with Gasteiger partial charge in [0.05, 0.1) is 0 Å². The summed E-state index contributed by atoms with van der Waals surface area (Å²) in [5, 5.41) is 2.75. The number of fused-ring (bicyclic) bond motifs is 1. The molecule has 2 aromatic rings. The summed E-state index contributed by atoms with van der Waals surface area (Å²) < 4.78 is 3.83. The maximum atomic E-state index is 3.28. The monoisotopic (exact) mass is 323 g/mol. The molecular formula is C14H11NTe. The van der Waals surface area contributed by atoms with Crippen LogP contribution in [0.25, 0.3) is 10.8 Å². The standard InChI is InChI=1S/C14H11NTe/c1-2-8-13-12(6-1)7-5-9-14(13)16-15-10-3-4-11-15/h1-9H,10H2. The van der Waals surface area contributed by atoms with Crippen molar-refractivity contribution in [3.05, 3.63) is 61.2 Å². The summed E-state index contributed by atoms with van der Waals surface area (Å²) in [4.78, 5) is 0. The van der Waals surface area contributed by atoms with E-state index < -0.39 is 0 Å². The van der Waals surface area contributed by atoms with Crippen LogP contribution in [0.5, 0.6) is 0 Å². The summed E-state index contributed by atoms with van der Waals surface area (Å²) in [6.45, 7) is 4.31. The first kappa shape index (κ1) is 10.4. The Morgan fingerprint density at radius 2 is 1.94 bits per heavy atom. The fourth-order valence-electron chi connectivity index (χ4n) is 1.79. The van der Waals surface area contributed by atoms with Crippen molar-refractivity contribution in [1.29, 1.82) is 0 Å². The molecule has 0 fully saturated rings. The van der Waals surface area contributed by atoms with Gasteiger partial charge in [0.15, 0.2) is 0 Å². The summed E-state index contributed by atoms with van der Waals surface area (Å²) in [7, 11) is 0. The maximum absolute atomic E-state index is 3.28. The fourth-order valence-corrected chi connectivity index (χ4v) is 4.46. The number of hydrogen-bond donors (Lipinski definition) is 0. The molecule has 0 amide bonds. The molecule has 0 atom stereocenters. The van der Waals surface area contributed by atoms with Gasteiger partial charge in [0.1, 0.15) is 0 Å². The van der Waals surface area contributed by atoms with Gasteiger partial charge in [0.25, 0.3) is 0 Å². The van der Waals surface area contributed by atoms with E-state index >= 15 is 0 Å². The third-order valence-corrected chi connectivity index (χ3v) is 5.50. The minimum absolute atomic E-state index is 0.312. The van der Waals surface area contributed by atoms with Crippen LogP contribution in [0, 0.1) is 6.54 Å². The normalized spacial score (nSPS) is 16.0. The molecule has 0 unspecified atom stereocenters. The molecule has 1 aliphatic heterocycles. The Morgan fingerprint density at radius 1 is 1.06 bits per heavy atom. The summed E-state index contributed by atoms with van der Waals surface area (Å²) in [5.41, 5.74) is 0. The molecule has 0 spiro atoms. The molecule has 1 aliphatic rings. The number of rotatable bonds is 2. The van der Waals surface area contributed by atoms with Crippen molar-refractivity contribution < 1.29 is 0 Å². The number of hydrogen-bond acceptors (Lipinski definition) is 1. The molecule has 3 rings (SSSR count). The van der Waals surface area contributed by atoms with Crippen LogP contribution in [0.15, 0.2) is 54.6 Å². The molecule has 78 valence electrons. The third kappa shape index (κ3) is 2.01. The minimum atomic E-state index is -0.312. The van der Waals surface area contributed by atoms with Gasteiger partial charge in [-0.2, -0.15) is 0 Å². The van der Waals surface area contributed by atoms with E-state index in [2.05, 4.69) is 58.2 Å². The molecular weight excluding hydrogens is 310 g/mol. The quantitative estimate of drug-likeness (QED) is 0.765. The Kier molecular flexibility index (Phi) is 2.97. The van der Waals surface area contributed by atoms with Gasteiger partial charge < -0.3 is 0 Å². The first-order valence-corrected chi connectivity index (χ1v) is 7.49. The van der Waals surface area contributed by atoms with Gasteiger partial charge >= 0.3 is 106 Å². The molecule has 1 nitrogen and oxygen atoms in total. The fraction of sp³-hybridized carbons (Fsp3) is 0.0714. The van der Waals surface area contributed by atoms with Gasteiger partial charge in [0.2, 0.25) is 0 Å². The van der Waals surface area contributed by atoms with Gasteiger partial charge in [-0.05, 0) is 0 Å². The van der Waals surface area contributed by atoms with Crippen LogP contribution >= 0.6 is 0 Å². The second kappa shape index (κ2) is 4.59. The zero-order valence-corrected chi connectivity index (χ0v) is 11.1. The van der Waals surface area contributed by atoms with Gasteiger partial charge in [-0.25, -0.2) is 0 Å². The molecule has 2 radical (unpaired) electrons. The van der Waals surface area contributed by atoms with Gasteiger partial charge in [0, 0.05) is 0 Å². The van der Waals surface area contributed by atoms with Crippen molar-refractivity contribution in [2.24, 2.45) is 0 Å². The van der Waals surface area contributed by atoms with Crippen molar-refractivity contribution in [1.82, 2.24) is 3.15 Å². The van der Waals surface area contributed by atoms with E-state index in [9.17, 15) is 0 Å². The van der Waals surface area contributed by atoms with Gasteiger partial charge in [-0.1, -0.05) is 0 Å². The van der Waals surface area contributed by atoms with Crippen LogP contribution in [-0.4, -0.2) is 30.9 Å². The zero-order chi connectivity index (χ0) is 10.8. The molecule has 0 aromatic heterocycles. The van der Waals surface area contributed by atoms with Crippen molar-refractivity contribution in [2.45, 2.75) is 0 Å². The topological polar surface area (TPSA) is 3.24 Å². The predicted molar refractivity (Wildman–Crippen MR) is 68.4 cm³/mol. The Hall–Kier alpha value is -0.810. The molecule has 2 heteroatoms. The second-order valence-corrected chi connectivity index (χ2v) is 6.70. The molecule has 0 saturated carbocycles. The van der Waals surface area contributed by atoms with Crippen LogP contribution in [0.4, 0.5) is 0 Å². The van der Waals surface area contributed by atoms with E-state index in [4.69, 9.17) is 0 Å². The average Bonchev–Trinajstić information content (AvgIpc) is 2.82. The van der Waals surface area contributed by atoms with E-state index in [0.29, 0.717) is 0 Å². The van der Waals surface area contributed by atoms with Crippen molar-refractivity contribution in [3.8, 4) is 0 Å². The molecule has 1 heterocycles. The molecule has 0 aliphatic carbocycles. The Morgan fingerprint density at radius 3 is 2.81 bits per heavy atom. The molecule has 2 aromatic carbocycles. The first-order chi connectivity index (χ1) is 7.93. The van der Waals surface area contributed by atoms with Crippen molar-refractivity contribution in [2.75, 3.05) is 6.54 Å². The predicted octanol–water partition coefficient (Wildman–Crippen LogP) is 1.99. The van der Waals surface area contributed by atoms with Crippen LogP contribution < -0.4 is 3.61 Å². The summed E-state index contributed by atoms with van der Waals surface area (Å²) in [5.74, 6) is 0. The zero-order valence-electron chi connectivity index (χ0n) is 8.76. The van der Waals surface area contributed by atoms with E-state index in [-0.39, 0.29) is 21.2 Å². The van der Waals surface area contributed by atoms with E-state index in [1.165, 1.54) is 14.4 Å². The van der Waals surface area contributed by atoms with Crippen LogP contribution in [0.2, 0.25) is 0 Å². The molecule has 0 N–H and O–H groups in total.